The molecule has 4 heterocycles. The molecule has 0 spiro atoms. The Labute approximate surface area is 167 Å². The Hall–Kier alpha value is -3.56. The molecule has 1 aliphatic rings. The van der Waals surface area contributed by atoms with Gasteiger partial charge in [0.1, 0.15) is 17.2 Å². The highest BCUT2D eigenvalue weighted by Gasteiger charge is 2.35. The predicted octanol–water partition coefficient (Wildman–Crippen LogP) is 0.732. The van der Waals surface area contributed by atoms with Crippen LogP contribution < -0.4 is 10.6 Å². The van der Waals surface area contributed by atoms with Gasteiger partial charge in [0.25, 0.3) is 5.91 Å². The molecule has 0 aromatic carbocycles. The van der Waals surface area contributed by atoms with Gasteiger partial charge in [-0.3, -0.25) is 14.0 Å². The quantitative estimate of drug-likeness (QED) is 0.695. The van der Waals surface area contributed by atoms with Crippen LogP contribution in [0.3, 0.4) is 0 Å². The number of primary amides is 1. The zero-order chi connectivity index (χ0) is 20.8. The summed E-state index contributed by atoms with van der Waals surface area (Å²) in [6.45, 7) is 7.66. The second-order valence-corrected chi connectivity index (χ2v) is 7.65. The molecule has 0 atom stereocenters. The second-order valence-electron chi connectivity index (χ2n) is 7.65. The maximum atomic E-state index is 11.9. The lowest BCUT2D eigenvalue weighted by Gasteiger charge is -2.47. The molecule has 2 amide bonds. The molecule has 0 bridgehead atoms. The molecule has 0 radical (unpaired) electrons. The highest BCUT2D eigenvalue weighted by Crippen LogP contribution is 2.26. The van der Waals surface area contributed by atoms with Crippen LogP contribution in [0.25, 0.3) is 17.2 Å². The van der Waals surface area contributed by atoms with Crippen molar-refractivity contribution in [2.24, 2.45) is 5.73 Å². The lowest BCUT2D eigenvalue weighted by molar-refractivity contribution is -0.134. The van der Waals surface area contributed by atoms with Crippen LogP contribution in [0.15, 0.2) is 30.9 Å². The number of aromatic nitrogens is 5. The number of nitrogens with two attached hydrogens (primary N) is 1. The second kappa shape index (κ2) is 6.80. The molecule has 3 aromatic rings. The number of anilines is 1. The molecule has 3 aromatic heterocycles. The van der Waals surface area contributed by atoms with Crippen LogP contribution in [-0.4, -0.2) is 66.2 Å². The zero-order valence-electron chi connectivity index (χ0n) is 16.5. The van der Waals surface area contributed by atoms with Crippen LogP contribution in [0, 0.1) is 0 Å². The number of piperazine rings is 1. The third-order valence-electron chi connectivity index (χ3n) is 5.12. The largest absolute Gasteiger partial charge is 0.364 e. The monoisotopic (exact) mass is 394 g/mol. The number of hydrogen-bond acceptors (Lipinski definition) is 7. The Morgan fingerprint density at radius 1 is 1.14 bits per heavy atom. The minimum absolute atomic E-state index is 0.0719. The van der Waals surface area contributed by atoms with Gasteiger partial charge in [-0.25, -0.2) is 19.9 Å². The Morgan fingerprint density at radius 3 is 2.62 bits per heavy atom. The van der Waals surface area contributed by atoms with Crippen molar-refractivity contribution < 1.29 is 9.59 Å². The van der Waals surface area contributed by atoms with Crippen LogP contribution in [0.4, 0.5) is 5.82 Å². The van der Waals surface area contributed by atoms with Crippen LogP contribution in [0.2, 0.25) is 0 Å². The number of fused-ring (bicyclic) bond motifs is 1. The van der Waals surface area contributed by atoms with Crippen LogP contribution in [0.1, 0.15) is 31.3 Å². The zero-order valence-corrected chi connectivity index (χ0v) is 16.5. The molecule has 0 saturated carbocycles. The van der Waals surface area contributed by atoms with Crippen molar-refractivity contribution in [2.75, 3.05) is 24.5 Å². The van der Waals surface area contributed by atoms with E-state index in [4.69, 9.17) is 10.7 Å². The van der Waals surface area contributed by atoms with Crippen LogP contribution >= 0.6 is 0 Å². The Balaban J connectivity index is 1.68. The summed E-state index contributed by atoms with van der Waals surface area (Å²) in [5.41, 5.74) is 6.37. The normalized spacial score (nSPS) is 16.2. The highest BCUT2D eigenvalue weighted by molar-refractivity contribution is 5.90. The predicted molar refractivity (Wildman–Crippen MR) is 106 cm³/mol. The van der Waals surface area contributed by atoms with Crippen molar-refractivity contribution in [1.82, 2.24) is 29.2 Å². The van der Waals surface area contributed by atoms with Crippen molar-refractivity contribution in [2.45, 2.75) is 26.3 Å². The Kier molecular flexibility index (Phi) is 4.40. The topological polar surface area (TPSA) is 123 Å². The standard InChI is InChI=1S/C19H22N8O2/c1-12(28)27-7-6-25(11-19(27,2)3)15-4-5-21-18(24-15)14-8-23-16-9-22-13(17(20)29)10-26(14)16/h4-5,8-10H,6-7,11H2,1-3H3,(H2,20,29). The van der Waals surface area contributed by atoms with E-state index >= 15 is 0 Å². The fourth-order valence-corrected chi connectivity index (χ4v) is 3.76. The number of rotatable bonds is 3. The van der Waals surface area contributed by atoms with Gasteiger partial charge in [-0.1, -0.05) is 0 Å². The van der Waals surface area contributed by atoms with Gasteiger partial charge in [0.2, 0.25) is 5.91 Å². The minimum atomic E-state index is -0.619. The number of carbonyl (C=O) groups excluding carboxylic acids is 2. The smallest absolute Gasteiger partial charge is 0.268 e. The first-order chi connectivity index (χ1) is 13.8. The Morgan fingerprint density at radius 2 is 1.93 bits per heavy atom. The molecule has 10 heteroatoms. The van der Waals surface area contributed by atoms with E-state index in [0.29, 0.717) is 36.8 Å². The third kappa shape index (κ3) is 3.37. The first-order valence-corrected chi connectivity index (χ1v) is 9.26. The number of carbonyl (C=O) groups is 2. The summed E-state index contributed by atoms with van der Waals surface area (Å²) < 4.78 is 1.70. The number of imidazole rings is 1. The minimum Gasteiger partial charge on any atom is -0.364 e. The summed E-state index contributed by atoms with van der Waals surface area (Å²) in [6, 6.07) is 1.85. The lowest BCUT2D eigenvalue weighted by atomic mass is 9.98. The van der Waals surface area contributed by atoms with E-state index in [1.54, 1.807) is 23.7 Å². The van der Waals surface area contributed by atoms with Gasteiger partial charge >= 0.3 is 0 Å². The van der Waals surface area contributed by atoms with Gasteiger partial charge in [-0.2, -0.15) is 0 Å². The maximum absolute atomic E-state index is 11.9. The molecule has 2 N–H and O–H groups in total. The van der Waals surface area contributed by atoms with Crippen molar-refractivity contribution in [3.63, 3.8) is 0 Å². The fourth-order valence-electron chi connectivity index (χ4n) is 3.76. The van der Waals surface area contributed by atoms with Gasteiger partial charge in [0, 0.05) is 39.0 Å². The average molecular weight is 394 g/mol. The number of amides is 2. The molecule has 1 aliphatic heterocycles. The highest BCUT2D eigenvalue weighted by atomic mass is 16.2. The molecular formula is C19H22N8O2. The van der Waals surface area contributed by atoms with E-state index < -0.39 is 5.91 Å². The Bertz CT molecular complexity index is 1110. The summed E-state index contributed by atoms with van der Waals surface area (Å²) in [4.78, 5) is 44.8. The van der Waals surface area contributed by atoms with E-state index in [9.17, 15) is 9.59 Å². The third-order valence-corrected chi connectivity index (χ3v) is 5.12. The van der Waals surface area contributed by atoms with E-state index in [1.807, 2.05) is 24.8 Å². The van der Waals surface area contributed by atoms with Crippen molar-refractivity contribution >= 4 is 23.3 Å². The average Bonchev–Trinajstić information content (AvgIpc) is 3.10. The molecule has 1 saturated heterocycles. The SMILES string of the molecule is CC(=O)N1CCN(c2ccnc(-c3cnc4cnc(C(N)=O)cn34)n2)CC1(C)C. The maximum Gasteiger partial charge on any atom is 0.268 e. The number of hydrogen-bond donors (Lipinski definition) is 1. The van der Waals surface area contributed by atoms with E-state index in [2.05, 4.69) is 19.9 Å². The van der Waals surface area contributed by atoms with Gasteiger partial charge in [-0.05, 0) is 19.9 Å². The van der Waals surface area contributed by atoms with E-state index in [1.165, 1.54) is 12.4 Å². The molecular weight excluding hydrogens is 372 g/mol. The van der Waals surface area contributed by atoms with E-state index in [-0.39, 0.29) is 17.1 Å². The summed E-state index contributed by atoms with van der Waals surface area (Å²) in [5, 5.41) is 0. The van der Waals surface area contributed by atoms with Crippen molar-refractivity contribution in [3.05, 3.63) is 36.5 Å². The molecule has 4 rings (SSSR count). The van der Waals surface area contributed by atoms with E-state index in [0.717, 1.165) is 5.82 Å². The summed E-state index contributed by atoms with van der Waals surface area (Å²) in [7, 11) is 0. The summed E-state index contributed by atoms with van der Waals surface area (Å²) in [6.07, 6.45) is 6.35. The molecule has 29 heavy (non-hydrogen) atoms. The van der Waals surface area contributed by atoms with Gasteiger partial charge in [-0.15, -0.1) is 0 Å². The van der Waals surface area contributed by atoms with Crippen LogP contribution in [-0.2, 0) is 4.79 Å². The molecule has 150 valence electrons. The van der Waals surface area contributed by atoms with Crippen LogP contribution in [0.5, 0.6) is 0 Å². The number of nitrogens with zero attached hydrogens (tertiary/aromatic N) is 7. The lowest BCUT2D eigenvalue weighted by Crippen LogP contribution is -2.60. The molecule has 10 nitrogen and oxygen atoms in total. The first kappa shape index (κ1) is 18.8. The van der Waals surface area contributed by atoms with Gasteiger partial charge in [0.15, 0.2) is 11.5 Å². The molecule has 1 fully saturated rings. The van der Waals surface area contributed by atoms with Crippen molar-refractivity contribution in [1.29, 1.82) is 0 Å². The molecule has 0 aliphatic carbocycles. The first-order valence-electron chi connectivity index (χ1n) is 9.26. The summed E-state index contributed by atoms with van der Waals surface area (Å²) in [5.74, 6) is 0.697. The molecule has 0 unspecified atom stereocenters. The fraction of sp³-hybridized carbons (Fsp3) is 0.368. The van der Waals surface area contributed by atoms with Gasteiger partial charge < -0.3 is 15.5 Å². The van der Waals surface area contributed by atoms with Crippen molar-refractivity contribution in [3.8, 4) is 11.5 Å². The summed E-state index contributed by atoms with van der Waals surface area (Å²) >= 11 is 0. The van der Waals surface area contributed by atoms with Gasteiger partial charge in [0.05, 0.1) is 17.9 Å².